The summed E-state index contributed by atoms with van der Waals surface area (Å²) in [5.41, 5.74) is 4.00. The molecule has 1 atom stereocenters. The fourth-order valence-electron chi connectivity index (χ4n) is 3.78. The van der Waals surface area contributed by atoms with Crippen molar-refractivity contribution in [2.75, 3.05) is 19.0 Å². The predicted octanol–water partition coefficient (Wildman–Crippen LogP) is 4.52. The number of carbonyl (C=O) groups is 1. The van der Waals surface area contributed by atoms with Crippen molar-refractivity contribution in [2.24, 2.45) is 4.99 Å². The number of anilines is 1. The second kappa shape index (κ2) is 9.62. The van der Waals surface area contributed by atoms with Gasteiger partial charge in [-0.15, -0.1) is 0 Å². The molecule has 0 saturated carbocycles. The topological polar surface area (TPSA) is 63.6 Å². The number of hydrogen-bond donors (Lipinski definition) is 1. The Balaban J connectivity index is 1.42. The molecule has 3 aromatic rings. The number of amidine groups is 1. The summed E-state index contributed by atoms with van der Waals surface area (Å²) in [6.45, 7) is 0.971. The number of nitrogens with one attached hydrogen (secondary N) is 1. The van der Waals surface area contributed by atoms with Gasteiger partial charge in [0.25, 0.3) is 0 Å². The van der Waals surface area contributed by atoms with Crippen molar-refractivity contribution in [1.29, 1.82) is 0 Å². The van der Waals surface area contributed by atoms with Crippen molar-refractivity contribution in [1.82, 2.24) is 4.98 Å². The Kier molecular flexibility index (Phi) is 6.48. The minimum absolute atomic E-state index is 0.0213. The summed E-state index contributed by atoms with van der Waals surface area (Å²) in [6.07, 6.45) is 2.37. The Bertz CT molecular complexity index is 1100. The molecule has 0 unspecified atom stereocenters. The van der Waals surface area contributed by atoms with E-state index in [1.807, 2.05) is 36.4 Å². The summed E-state index contributed by atoms with van der Waals surface area (Å²) in [5, 5.41) is 3.04. The molecule has 0 bridgehead atoms. The van der Waals surface area contributed by atoms with Crippen LogP contribution in [0.3, 0.4) is 0 Å². The maximum atomic E-state index is 13.9. The SMILES string of the molecule is COC[C@@H](CC(=O)Cc1cc2c(cn1)C(Nc1ccccc1F)=NC2)c1ccccc1. The Hall–Kier alpha value is -3.38. The zero-order valence-corrected chi connectivity index (χ0v) is 17.3. The third-order valence-corrected chi connectivity index (χ3v) is 5.33. The lowest BCUT2D eigenvalue weighted by molar-refractivity contribution is -0.119. The van der Waals surface area contributed by atoms with E-state index < -0.39 is 0 Å². The number of pyridine rings is 1. The molecule has 0 fully saturated rings. The van der Waals surface area contributed by atoms with Gasteiger partial charge in [0.05, 0.1) is 18.8 Å². The van der Waals surface area contributed by atoms with E-state index in [0.29, 0.717) is 31.1 Å². The number of Topliss-reactive ketones (excluding diaryl/α,β-unsaturated/α-hetero) is 1. The predicted molar refractivity (Wildman–Crippen MR) is 119 cm³/mol. The van der Waals surface area contributed by atoms with Crippen molar-refractivity contribution < 1.29 is 13.9 Å². The van der Waals surface area contributed by atoms with Gasteiger partial charge in [0.1, 0.15) is 17.4 Å². The molecule has 5 nitrogen and oxygen atoms in total. The van der Waals surface area contributed by atoms with Gasteiger partial charge < -0.3 is 10.1 Å². The summed E-state index contributed by atoms with van der Waals surface area (Å²) in [7, 11) is 1.65. The fraction of sp³-hybridized carbons (Fsp3) is 0.240. The molecule has 1 N–H and O–H groups in total. The Labute approximate surface area is 181 Å². The average Bonchev–Trinajstić information content (AvgIpc) is 3.17. The number of aromatic nitrogens is 1. The van der Waals surface area contributed by atoms with Crippen LogP contribution in [0.15, 0.2) is 71.9 Å². The maximum absolute atomic E-state index is 13.9. The molecule has 0 spiro atoms. The largest absolute Gasteiger partial charge is 0.384 e. The number of hydrogen-bond acceptors (Lipinski definition) is 5. The van der Waals surface area contributed by atoms with Crippen LogP contribution >= 0.6 is 0 Å². The van der Waals surface area contributed by atoms with Gasteiger partial charge in [-0.3, -0.25) is 14.8 Å². The Morgan fingerprint density at radius 3 is 2.71 bits per heavy atom. The average molecular weight is 417 g/mol. The second-order valence-electron chi connectivity index (χ2n) is 7.58. The second-order valence-corrected chi connectivity index (χ2v) is 7.58. The van der Waals surface area contributed by atoms with Crippen LogP contribution in [0.1, 0.15) is 34.7 Å². The van der Waals surface area contributed by atoms with Gasteiger partial charge in [-0.05, 0) is 29.3 Å². The molecule has 0 radical (unpaired) electrons. The molecule has 2 aromatic carbocycles. The van der Waals surface area contributed by atoms with Crippen molar-refractivity contribution in [3.8, 4) is 0 Å². The summed E-state index contributed by atoms with van der Waals surface area (Å²) in [6, 6.07) is 18.3. The van der Waals surface area contributed by atoms with Gasteiger partial charge in [-0.1, -0.05) is 42.5 Å². The van der Waals surface area contributed by atoms with E-state index in [4.69, 9.17) is 4.74 Å². The number of halogens is 1. The third kappa shape index (κ3) is 5.03. The van der Waals surface area contributed by atoms with Gasteiger partial charge in [0.2, 0.25) is 0 Å². The van der Waals surface area contributed by atoms with Gasteiger partial charge in [-0.25, -0.2) is 4.39 Å². The zero-order chi connectivity index (χ0) is 21.6. The maximum Gasteiger partial charge on any atom is 0.146 e. The number of benzene rings is 2. The molecule has 1 aliphatic rings. The van der Waals surface area contributed by atoms with Crippen LogP contribution in [-0.4, -0.2) is 30.3 Å². The van der Waals surface area contributed by atoms with Crippen LogP contribution in [0.25, 0.3) is 0 Å². The van der Waals surface area contributed by atoms with Crippen molar-refractivity contribution in [3.05, 3.63) is 95.1 Å². The van der Waals surface area contributed by atoms with Crippen LogP contribution in [0, 0.1) is 5.82 Å². The molecule has 1 aliphatic heterocycles. The molecule has 0 amide bonds. The molecular weight excluding hydrogens is 393 g/mol. The van der Waals surface area contributed by atoms with Gasteiger partial charge in [0, 0.05) is 43.3 Å². The number of para-hydroxylation sites is 1. The number of ether oxygens (including phenoxy) is 1. The highest BCUT2D eigenvalue weighted by Crippen LogP contribution is 2.24. The molecule has 1 aromatic heterocycles. The standard InChI is InChI=1S/C25H24FN3O2/c1-31-16-19(17-7-3-2-4-8-17)12-21(30)13-20-11-18-14-28-25(22(18)15-27-20)29-24-10-6-5-9-23(24)26/h2-11,15,19H,12-14,16H2,1H3,(H,28,29)/t19-/m1/s1. The molecule has 2 heterocycles. The smallest absolute Gasteiger partial charge is 0.146 e. The van der Waals surface area contributed by atoms with Crippen LogP contribution in [-0.2, 0) is 22.5 Å². The van der Waals surface area contributed by atoms with E-state index in [2.05, 4.69) is 15.3 Å². The monoisotopic (exact) mass is 417 g/mol. The molecule has 31 heavy (non-hydrogen) atoms. The zero-order valence-electron chi connectivity index (χ0n) is 17.3. The number of nitrogens with zero attached hydrogens (tertiary/aromatic N) is 2. The third-order valence-electron chi connectivity index (χ3n) is 5.33. The fourth-order valence-corrected chi connectivity index (χ4v) is 3.78. The molecular formula is C25H24FN3O2. The quantitative estimate of drug-likeness (QED) is 0.585. The molecule has 0 saturated heterocycles. The Morgan fingerprint density at radius 1 is 1.16 bits per heavy atom. The molecule has 158 valence electrons. The number of fused-ring (bicyclic) bond motifs is 1. The lowest BCUT2D eigenvalue weighted by atomic mass is 9.93. The van der Waals surface area contributed by atoms with Gasteiger partial charge in [0.15, 0.2) is 0 Å². The number of methoxy groups -OCH3 is 1. The summed E-state index contributed by atoms with van der Waals surface area (Å²) in [4.78, 5) is 21.7. The lowest BCUT2D eigenvalue weighted by Crippen LogP contribution is -2.15. The first-order valence-corrected chi connectivity index (χ1v) is 10.2. The number of ketones is 1. The van der Waals surface area contributed by atoms with Crippen molar-refractivity contribution >= 4 is 17.3 Å². The minimum Gasteiger partial charge on any atom is -0.384 e. The number of rotatable bonds is 8. The van der Waals surface area contributed by atoms with Crippen LogP contribution in [0.4, 0.5) is 10.1 Å². The highest BCUT2D eigenvalue weighted by Gasteiger charge is 2.20. The van der Waals surface area contributed by atoms with Crippen LogP contribution < -0.4 is 5.32 Å². The van der Waals surface area contributed by atoms with E-state index in [9.17, 15) is 9.18 Å². The summed E-state index contributed by atoms with van der Waals surface area (Å²) in [5.74, 6) is 0.391. The van der Waals surface area contributed by atoms with Gasteiger partial charge in [-0.2, -0.15) is 0 Å². The van der Waals surface area contributed by atoms with E-state index in [-0.39, 0.29) is 23.9 Å². The van der Waals surface area contributed by atoms with E-state index in [0.717, 1.165) is 22.4 Å². The first-order valence-electron chi connectivity index (χ1n) is 10.2. The van der Waals surface area contributed by atoms with E-state index >= 15 is 0 Å². The highest BCUT2D eigenvalue weighted by molar-refractivity contribution is 6.10. The number of aliphatic imine (C=N–C) groups is 1. The summed E-state index contributed by atoms with van der Waals surface area (Å²) >= 11 is 0. The minimum atomic E-state index is -0.335. The molecule has 6 heteroatoms. The Morgan fingerprint density at radius 2 is 1.94 bits per heavy atom. The van der Waals surface area contributed by atoms with Crippen LogP contribution in [0.5, 0.6) is 0 Å². The summed E-state index contributed by atoms with van der Waals surface area (Å²) < 4.78 is 19.3. The van der Waals surface area contributed by atoms with Crippen molar-refractivity contribution in [3.63, 3.8) is 0 Å². The van der Waals surface area contributed by atoms with Gasteiger partial charge >= 0.3 is 0 Å². The molecule has 0 aliphatic carbocycles. The first kappa shape index (κ1) is 20.9. The normalized spacial score (nSPS) is 13.4. The van der Waals surface area contributed by atoms with Crippen LogP contribution in [0.2, 0.25) is 0 Å². The number of carbonyl (C=O) groups excluding carboxylic acids is 1. The first-order chi connectivity index (χ1) is 15.1. The van der Waals surface area contributed by atoms with E-state index in [1.165, 1.54) is 6.07 Å². The van der Waals surface area contributed by atoms with E-state index in [1.54, 1.807) is 31.5 Å². The lowest BCUT2D eigenvalue weighted by Gasteiger charge is -2.16. The highest BCUT2D eigenvalue weighted by atomic mass is 19.1. The molecule has 4 rings (SSSR count). The van der Waals surface area contributed by atoms with Crippen molar-refractivity contribution in [2.45, 2.75) is 25.3 Å².